The van der Waals surface area contributed by atoms with Crippen LogP contribution in [-0.2, 0) is 0 Å². The number of pyridine rings is 1. The van der Waals surface area contributed by atoms with E-state index < -0.39 is 0 Å². The second kappa shape index (κ2) is 6.04. The van der Waals surface area contributed by atoms with Crippen molar-refractivity contribution in [2.45, 2.75) is 0 Å². The van der Waals surface area contributed by atoms with Crippen molar-refractivity contribution in [3.8, 4) is 5.75 Å². The summed E-state index contributed by atoms with van der Waals surface area (Å²) in [4.78, 5) is 16.1. The normalized spacial score (nSPS) is 10.1. The van der Waals surface area contributed by atoms with Crippen molar-refractivity contribution in [3.05, 3.63) is 51.6 Å². The molecule has 0 saturated heterocycles. The van der Waals surface area contributed by atoms with Gasteiger partial charge in [0.15, 0.2) is 0 Å². The maximum absolute atomic E-state index is 12.1. The van der Waals surface area contributed by atoms with Crippen molar-refractivity contribution in [3.63, 3.8) is 0 Å². The Morgan fingerprint density at radius 3 is 2.84 bits per heavy atom. The van der Waals surface area contributed by atoms with Crippen molar-refractivity contribution in [2.75, 3.05) is 12.4 Å². The van der Waals surface area contributed by atoms with E-state index in [1.807, 2.05) is 0 Å². The van der Waals surface area contributed by atoms with E-state index in [1.165, 1.54) is 7.11 Å². The molecule has 1 heterocycles. The smallest absolute Gasteiger partial charge is 0.260 e. The number of amides is 1. The Morgan fingerprint density at radius 1 is 1.37 bits per heavy atom. The summed E-state index contributed by atoms with van der Waals surface area (Å²) >= 11 is 9.08. The number of nitrogens with one attached hydrogen (secondary N) is 1. The monoisotopic (exact) mass is 340 g/mol. The Balaban J connectivity index is 2.25. The van der Waals surface area contributed by atoms with E-state index in [2.05, 4.69) is 26.2 Å². The van der Waals surface area contributed by atoms with E-state index in [1.54, 1.807) is 36.4 Å². The highest BCUT2D eigenvalue weighted by Gasteiger charge is 2.13. The maximum atomic E-state index is 12.1. The second-order valence-corrected chi connectivity index (χ2v) is 4.95. The third kappa shape index (κ3) is 3.45. The number of hydrogen-bond donors (Lipinski definition) is 1. The van der Waals surface area contributed by atoms with Crippen molar-refractivity contribution in [1.29, 1.82) is 0 Å². The predicted molar refractivity (Wildman–Crippen MR) is 77.9 cm³/mol. The molecule has 0 aliphatic carbocycles. The number of halogens is 2. The summed E-state index contributed by atoms with van der Waals surface area (Å²) in [5, 5.41) is 2.98. The molecule has 0 unspecified atom stereocenters. The van der Waals surface area contributed by atoms with Gasteiger partial charge in [-0.15, -0.1) is 0 Å². The zero-order valence-corrected chi connectivity index (χ0v) is 12.3. The minimum atomic E-state index is -0.306. The third-order valence-corrected chi connectivity index (χ3v) is 3.07. The summed E-state index contributed by atoms with van der Waals surface area (Å²) in [5.74, 6) is 0.565. The Morgan fingerprint density at radius 2 is 2.16 bits per heavy atom. The minimum Gasteiger partial charge on any atom is -0.496 e. The van der Waals surface area contributed by atoms with Crippen molar-refractivity contribution in [2.24, 2.45) is 0 Å². The quantitative estimate of drug-likeness (QED) is 0.865. The predicted octanol–water partition coefficient (Wildman–Crippen LogP) is 3.76. The molecule has 1 amide bonds. The van der Waals surface area contributed by atoms with Gasteiger partial charge >= 0.3 is 0 Å². The molecule has 4 nitrogen and oxygen atoms in total. The van der Waals surface area contributed by atoms with E-state index in [9.17, 15) is 4.79 Å². The number of carbonyl (C=O) groups is 1. The highest BCUT2D eigenvalue weighted by atomic mass is 79.9. The first kappa shape index (κ1) is 13.8. The molecule has 0 spiro atoms. The van der Waals surface area contributed by atoms with Crippen molar-refractivity contribution in [1.82, 2.24) is 4.98 Å². The Labute approximate surface area is 123 Å². The number of hydrogen-bond acceptors (Lipinski definition) is 3. The fraction of sp³-hybridized carbons (Fsp3) is 0.0769. The van der Waals surface area contributed by atoms with Crippen LogP contribution >= 0.6 is 27.5 Å². The lowest BCUT2D eigenvalue weighted by Crippen LogP contribution is -2.14. The first-order chi connectivity index (χ1) is 9.10. The number of ether oxygens (including phenoxy) is 1. The SMILES string of the molecule is COc1cc(Br)ccc1C(=O)Nc1cccc(Cl)n1. The maximum Gasteiger partial charge on any atom is 0.260 e. The fourth-order valence-corrected chi connectivity index (χ4v) is 2.02. The second-order valence-electron chi connectivity index (χ2n) is 3.64. The molecular formula is C13H10BrClN2O2. The van der Waals surface area contributed by atoms with Gasteiger partial charge < -0.3 is 10.1 Å². The molecule has 98 valence electrons. The van der Waals surface area contributed by atoms with Gasteiger partial charge in [-0.25, -0.2) is 4.98 Å². The first-order valence-corrected chi connectivity index (χ1v) is 6.54. The minimum absolute atomic E-state index is 0.306. The number of carbonyl (C=O) groups excluding carboxylic acids is 1. The third-order valence-electron chi connectivity index (χ3n) is 2.36. The number of aromatic nitrogens is 1. The van der Waals surface area contributed by atoms with Crippen LogP contribution in [0.25, 0.3) is 0 Å². The Hall–Kier alpha value is -1.59. The van der Waals surface area contributed by atoms with Crippen LogP contribution in [0.3, 0.4) is 0 Å². The summed E-state index contributed by atoms with van der Waals surface area (Å²) in [6.45, 7) is 0. The van der Waals surface area contributed by atoms with E-state index in [-0.39, 0.29) is 5.91 Å². The fourth-order valence-electron chi connectivity index (χ4n) is 1.51. The topological polar surface area (TPSA) is 51.2 Å². The van der Waals surface area contributed by atoms with Crippen LogP contribution < -0.4 is 10.1 Å². The molecule has 0 aliphatic rings. The zero-order valence-electron chi connectivity index (χ0n) is 9.98. The number of anilines is 1. The van der Waals surface area contributed by atoms with Gasteiger partial charge in [0, 0.05) is 4.47 Å². The molecule has 1 aromatic carbocycles. The van der Waals surface area contributed by atoms with Crippen LogP contribution in [0.1, 0.15) is 10.4 Å². The molecule has 1 N–H and O–H groups in total. The van der Waals surface area contributed by atoms with Gasteiger partial charge in [-0.05, 0) is 30.3 Å². The summed E-state index contributed by atoms with van der Waals surface area (Å²) in [6, 6.07) is 10.2. The van der Waals surface area contributed by atoms with Crippen LogP contribution in [0.15, 0.2) is 40.9 Å². The van der Waals surface area contributed by atoms with Gasteiger partial charge in [0.1, 0.15) is 16.7 Å². The van der Waals surface area contributed by atoms with Crippen LogP contribution in [0.4, 0.5) is 5.82 Å². The average Bonchev–Trinajstić information content (AvgIpc) is 2.38. The van der Waals surface area contributed by atoms with Crippen molar-refractivity contribution >= 4 is 39.3 Å². The van der Waals surface area contributed by atoms with Gasteiger partial charge in [0.2, 0.25) is 0 Å². The average molecular weight is 342 g/mol. The molecule has 2 aromatic rings. The van der Waals surface area contributed by atoms with Gasteiger partial charge in [0.25, 0.3) is 5.91 Å². The van der Waals surface area contributed by atoms with Gasteiger partial charge in [-0.3, -0.25) is 4.79 Å². The molecule has 1 aromatic heterocycles. The Kier molecular flexibility index (Phi) is 4.39. The van der Waals surface area contributed by atoms with Gasteiger partial charge in [0.05, 0.1) is 12.7 Å². The summed E-state index contributed by atoms with van der Waals surface area (Å²) in [6.07, 6.45) is 0. The molecule has 19 heavy (non-hydrogen) atoms. The molecule has 0 aliphatic heterocycles. The molecular weight excluding hydrogens is 332 g/mol. The van der Waals surface area contributed by atoms with Gasteiger partial charge in [-0.1, -0.05) is 33.6 Å². The van der Waals surface area contributed by atoms with Crippen LogP contribution in [0.2, 0.25) is 5.15 Å². The molecule has 6 heteroatoms. The highest BCUT2D eigenvalue weighted by Crippen LogP contribution is 2.24. The lowest BCUT2D eigenvalue weighted by atomic mass is 10.2. The zero-order chi connectivity index (χ0) is 13.8. The summed E-state index contributed by atoms with van der Waals surface area (Å²) < 4.78 is 6.01. The Bertz CT molecular complexity index is 619. The standard InChI is InChI=1S/C13H10BrClN2O2/c1-19-10-7-8(14)5-6-9(10)13(18)17-12-4-2-3-11(15)16-12/h2-7H,1H3,(H,16,17,18). The van der Waals surface area contributed by atoms with E-state index in [0.717, 1.165) is 4.47 Å². The van der Waals surface area contributed by atoms with E-state index >= 15 is 0 Å². The van der Waals surface area contributed by atoms with Gasteiger partial charge in [-0.2, -0.15) is 0 Å². The molecule has 0 radical (unpaired) electrons. The highest BCUT2D eigenvalue weighted by molar-refractivity contribution is 9.10. The number of rotatable bonds is 3. The van der Waals surface area contributed by atoms with E-state index in [0.29, 0.717) is 22.3 Å². The van der Waals surface area contributed by atoms with E-state index in [4.69, 9.17) is 16.3 Å². The molecule has 2 rings (SSSR count). The number of methoxy groups -OCH3 is 1. The van der Waals surface area contributed by atoms with Crippen LogP contribution in [0.5, 0.6) is 5.75 Å². The molecule has 0 atom stereocenters. The van der Waals surface area contributed by atoms with Crippen LogP contribution in [-0.4, -0.2) is 18.0 Å². The molecule has 0 fully saturated rings. The lowest BCUT2D eigenvalue weighted by Gasteiger charge is -2.09. The molecule has 0 bridgehead atoms. The van der Waals surface area contributed by atoms with Crippen LogP contribution in [0, 0.1) is 0 Å². The largest absolute Gasteiger partial charge is 0.496 e. The summed E-state index contributed by atoms with van der Waals surface area (Å²) in [7, 11) is 1.51. The molecule has 0 saturated carbocycles. The van der Waals surface area contributed by atoms with Crippen molar-refractivity contribution < 1.29 is 9.53 Å². The summed E-state index contributed by atoms with van der Waals surface area (Å²) in [5.41, 5.74) is 0.424. The first-order valence-electron chi connectivity index (χ1n) is 5.37. The lowest BCUT2D eigenvalue weighted by molar-refractivity contribution is 0.102. The number of benzene rings is 1. The number of nitrogens with zero attached hydrogens (tertiary/aromatic N) is 1.